The van der Waals surface area contributed by atoms with Gasteiger partial charge in [0.2, 0.25) is 0 Å². The van der Waals surface area contributed by atoms with Crippen LogP contribution in [0.5, 0.6) is 0 Å². The van der Waals surface area contributed by atoms with E-state index in [1.54, 1.807) is 25.1 Å². The van der Waals surface area contributed by atoms with Crippen molar-refractivity contribution in [2.24, 2.45) is 15.2 Å². The van der Waals surface area contributed by atoms with E-state index < -0.39 is 17.3 Å². The van der Waals surface area contributed by atoms with Crippen LogP contribution in [0.15, 0.2) is 57.7 Å². The summed E-state index contributed by atoms with van der Waals surface area (Å²) in [6.07, 6.45) is 1.33. The van der Waals surface area contributed by atoms with E-state index in [9.17, 15) is 9.18 Å². The first-order valence-corrected chi connectivity index (χ1v) is 6.94. The van der Waals surface area contributed by atoms with Gasteiger partial charge in [0.25, 0.3) is 0 Å². The van der Waals surface area contributed by atoms with Gasteiger partial charge in [-0.2, -0.15) is 5.11 Å². The van der Waals surface area contributed by atoms with Gasteiger partial charge in [0.15, 0.2) is 11.4 Å². The number of benzene rings is 2. The van der Waals surface area contributed by atoms with Crippen molar-refractivity contribution in [2.75, 3.05) is 0 Å². The van der Waals surface area contributed by atoms with Gasteiger partial charge in [-0.15, -0.1) is 5.11 Å². The smallest absolute Gasteiger partial charge is 0.196 e. The number of halogens is 2. The first-order chi connectivity index (χ1) is 10.5. The summed E-state index contributed by atoms with van der Waals surface area (Å²) in [6.45, 7) is 1.72. The molecule has 6 heteroatoms. The number of hydrogen-bond acceptors (Lipinski definition) is 4. The minimum atomic E-state index is -0.999. The molecule has 0 aliphatic carbocycles. The minimum Gasteiger partial charge on any atom is -0.288 e. The molecule has 0 saturated heterocycles. The molecule has 110 valence electrons. The molecule has 2 aromatic carbocycles. The number of carbonyl (C=O) groups is 1. The third kappa shape index (κ3) is 2.44. The molecule has 0 fully saturated rings. The summed E-state index contributed by atoms with van der Waals surface area (Å²) in [7, 11) is 0. The standard InChI is InChI=1S/C16H11ClFN3O/c1-16(19-9-20-21-16)13-7-6-10(17)8-12(13)15(22)11-4-2-3-5-14(11)18/h2-9H,1H3. The lowest BCUT2D eigenvalue weighted by molar-refractivity contribution is 0.103. The largest absolute Gasteiger partial charge is 0.288 e. The fourth-order valence-electron chi connectivity index (χ4n) is 2.33. The number of azo groups is 1. The van der Waals surface area contributed by atoms with Crippen LogP contribution in [0, 0.1) is 5.82 Å². The molecule has 3 rings (SSSR count). The van der Waals surface area contributed by atoms with Gasteiger partial charge in [0.05, 0.1) is 5.56 Å². The summed E-state index contributed by atoms with van der Waals surface area (Å²) in [6, 6.07) is 10.6. The van der Waals surface area contributed by atoms with Crippen LogP contribution >= 0.6 is 11.6 Å². The van der Waals surface area contributed by atoms with Crippen LogP contribution in [0.3, 0.4) is 0 Å². The Bertz CT molecular complexity index is 805. The summed E-state index contributed by atoms with van der Waals surface area (Å²) >= 11 is 6.00. The lowest BCUT2D eigenvalue weighted by atomic mass is 9.91. The highest BCUT2D eigenvalue weighted by atomic mass is 35.5. The third-order valence-corrected chi connectivity index (χ3v) is 3.70. The number of nitrogens with zero attached hydrogens (tertiary/aromatic N) is 3. The molecular weight excluding hydrogens is 305 g/mol. The van der Waals surface area contributed by atoms with E-state index in [2.05, 4.69) is 15.2 Å². The maximum atomic E-state index is 13.9. The lowest BCUT2D eigenvalue weighted by Gasteiger charge is -2.19. The van der Waals surface area contributed by atoms with E-state index >= 15 is 0 Å². The second-order valence-corrected chi connectivity index (χ2v) is 5.42. The molecular formula is C16H11ClFN3O. The fraction of sp³-hybridized carbons (Fsp3) is 0.125. The predicted molar refractivity (Wildman–Crippen MR) is 82.0 cm³/mol. The van der Waals surface area contributed by atoms with Crippen molar-refractivity contribution in [2.45, 2.75) is 12.6 Å². The number of ketones is 1. The molecule has 0 saturated carbocycles. The van der Waals surface area contributed by atoms with Gasteiger partial charge in [0, 0.05) is 16.1 Å². The van der Waals surface area contributed by atoms with E-state index in [0.29, 0.717) is 10.6 Å². The SMILES string of the molecule is CC1(c2ccc(Cl)cc2C(=O)c2ccccc2F)N=CN=N1. The van der Waals surface area contributed by atoms with Crippen molar-refractivity contribution in [3.05, 3.63) is 70.0 Å². The van der Waals surface area contributed by atoms with Gasteiger partial charge in [0.1, 0.15) is 12.2 Å². The van der Waals surface area contributed by atoms with Gasteiger partial charge in [-0.25, -0.2) is 9.38 Å². The fourth-order valence-corrected chi connectivity index (χ4v) is 2.51. The Kier molecular flexibility index (Phi) is 3.58. The van der Waals surface area contributed by atoms with Gasteiger partial charge >= 0.3 is 0 Å². The zero-order valence-electron chi connectivity index (χ0n) is 11.6. The molecule has 1 atom stereocenters. The van der Waals surface area contributed by atoms with E-state index in [1.807, 2.05) is 0 Å². The van der Waals surface area contributed by atoms with Crippen molar-refractivity contribution >= 4 is 23.7 Å². The Balaban J connectivity index is 2.17. The average molecular weight is 316 g/mol. The van der Waals surface area contributed by atoms with E-state index in [-0.39, 0.29) is 11.1 Å². The quantitative estimate of drug-likeness (QED) is 0.776. The third-order valence-electron chi connectivity index (χ3n) is 3.47. The Morgan fingerprint density at radius 2 is 1.95 bits per heavy atom. The average Bonchev–Trinajstić information content (AvgIpc) is 2.94. The molecule has 22 heavy (non-hydrogen) atoms. The summed E-state index contributed by atoms with van der Waals surface area (Å²) in [5.41, 5.74) is -0.227. The normalized spacial score (nSPS) is 19.6. The highest BCUT2D eigenvalue weighted by Crippen LogP contribution is 2.35. The van der Waals surface area contributed by atoms with Crippen LogP contribution < -0.4 is 0 Å². The second-order valence-electron chi connectivity index (χ2n) is 4.98. The van der Waals surface area contributed by atoms with Crippen LogP contribution in [-0.4, -0.2) is 12.1 Å². The molecule has 1 heterocycles. The highest BCUT2D eigenvalue weighted by Gasteiger charge is 2.32. The van der Waals surface area contributed by atoms with Gasteiger partial charge in [-0.3, -0.25) is 4.79 Å². The Morgan fingerprint density at radius 3 is 2.64 bits per heavy atom. The Labute approximate surface area is 131 Å². The van der Waals surface area contributed by atoms with Gasteiger partial charge in [-0.05, 0) is 31.2 Å². The molecule has 1 aliphatic heterocycles. The molecule has 0 amide bonds. The van der Waals surface area contributed by atoms with Crippen LogP contribution in [0.25, 0.3) is 0 Å². The maximum absolute atomic E-state index is 13.9. The molecule has 0 N–H and O–H groups in total. The van der Waals surface area contributed by atoms with Crippen molar-refractivity contribution < 1.29 is 9.18 Å². The minimum absolute atomic E-state index is 0.0199. The summed E-state index contributed by atoms with van der Waals surface area (Å²) < 4.78 is 13.9. The van der Waals surface area contributed by atoms with E-state index in [4.69, 9.17) is 11.6 Å². The maximum Gasteiger partial charge on any atom is 0.196 e. The van der Waals surface area contributed by atoms with Gasteiger partial charge in [-0.1, -0.05) is 29.8 Å². The molecule has 1 aliphatic rings. The zero-order chi connectivity index (χ0) is 15.7. The molecule has 0 bridgehead atoms. The Morgan fingerprint density at radius 1 is 1.18 bits per heavy atom. The predicted octanol–water partition coefficient (Wildman–Crippen LogP) is 4.38. The molecule has 1 unspecified atom stereocenters. The Hall–Kier alpha value is -2.40. The van der Waals surface area contributed by atoms with Gasteiger partial charge < -0.3 is 0 Å². The highest BCUT2D eigenvalue weighted by molar-refractivity contribution is 6.31. The number of aliphatic imine (C=N–C) groups is 1. The summed E-state index contributed by atoms with van der Waals surface area (Å²) in [5.74, 6) is -1.05. The number of rotatable bonds is 3. The van der Waals surface area contributed by atoms with Crippen LogP contribution in [-0.2, 0) is 5.66 Å². The number of hydrogen-bond donors (Lipinski definition) is 0. The molecule has 4 nitrogen and oxygen atoms in total. The van der Waals surface area contributed by atoms with Crippen LogP contribution in [0.1, 0.15) is 28.4 Å². The van der Waals surface area contributed by atoms with Crippen molar-refractivity contribution in [1.82, 2.24) is 0 Å². The first-order valence-electron chi connectivity index (χ1n) is 6.56. The van der Waals surface area contributed by atoms with Crippen molar-refractivity contribution in [3.63, 3.8) is 0 Å². The van der Waals surface area contributed by atoms with Crippen LogP contribution in [0.2, 0.25) is 5.02 Å². The molecule has 0 spiro atoms. The molecule has 0 aromatic heterocycles. The van der Waals surface area contributed by atoms with Crippen molar-refractivity contribution in [1.29, 1.82) is 0 Å². The van der Waals surface area contributed by atoms with E-state index in [1.165, 1.54) is 30.6 Å². The number of carbonyl (C=O) groups excluding carboxylic acids is 1. The van der Waals surface area contributed by atoms with E-state index in [0.717, 1.165) is 0 Å². The summed E-state index contributed by atoms with van der Waals surface area (Å²) in [5, 5.41) is 8.16. The lowest BCUT2D eigenvalue weighted by Crippen LogP contribution is -2.19. The molecule has 2 aromatic rings. The monoisotopic (exact) mass is 315 g/mol. The first kappa shape index (κ1) is 14.5. The summed E-state index contributed by atoms with van der Waals surface area (Å²) in [4.78, 5) is 16.9. The topological polar surface area (TPSA) is 54.1 Å². The molecule has 0 radical (unpaired) electrons. The zero-order valence-corrected chi connectivity index (χ0v) is 12.4. The van der Waals surface area contributed by atoms with Crippen molar-refractivity contribution in [3.8, 4) is 0 Å². The second kappa shape index (κ2) is 5.42. The van der Waals surface area contributed by atoms with Crippen LogP contribution in [0.4, 0.5) is 4.39 Å².